The summed E-state index contributed by atoms with van der Waals surface area (Å²) in [6.07, 6.45) is 5.57. The van der Waals surface area contributed by atoms with Crippen molar-refractivity contribution in [3.05, 3.63) is 137 Å². The molecule has 3 aromatic rings. The predicted molar refractivity (Wildman–Crippen MR) is 130 cm³/mol. The van der Waals surface area contributed by atoms with Gasteiger partial charge in [0.2, 0.25) is 0 Å². The van der Waals surface area contributed by atoms with Gasteiger partial charge in [0, 0.05) is 11.1 Å². The smallest absolute Gasteiger partial charge is 0.193 e. The highest BCUT2D eigenvalue weighted by Gasteiger charge is 2.13. The molecule has 0 spiro atoms. The maximum Gasteiger partial charge on any atom is 0.193 e. The van der Waals surface area contributed by atoms with Gasteiger partial charge in [0.1, 0.15) is 0 Å². The molecule has 152 valence electrons. The van der Waals surface area contributed by atoms with Gasteiger partial charge in [0.05, 0.1) is 0 Å². The second kappa shape index (κ2) is 10.9. The third kappa shape index (κ3) is 6.02. The van der Waals surface area contributed by atoms with Crippen LogP contribution in [0.2, 0.25) is 0 Å². The minimum Gasteiger partial charge on any atom is -0.289 e. The highest BCUT2D eigenvalue weighted by molar-refractivity contribution is 6.10. The fourth-order valence-corrected chi connectivity index (χ4v) is 3.11. The van der Waals surface area contributed by atoms with Crippen molar-refractivity contribution in [2.75, 3.05) is 0 Å². The molecule has 0 N–H and O–H groups in total. The van der Waals surface area contributed by atoms with Crippen LogP contribution in [-0.2, 0) is 0 Å². The minimum absolute atomic E-state index is 0.115. The number of rotatable bonds is 5. The Morgan fingerprint density at radius 3 is 1.93 bits per heavy atom. The second-order valence-electron chi connectivity index (χ2n) is 7.39. The number of hydrogen-bond acceptors (Lipinski definition) is 1. The Kier molecular flexibility index (Phi) is 8.31. The summed E-state index contributed by atoms with van der Waals surface area (Å²) in [6.45, 7) is 15.5. The van der Waals surface area contributed by atoms with Crippen LogP contribution in [0.4, 0.5) is 0 Å². The van der Waals surface area contributed by atoms with Crippen molar-refractivity contribution in [1.29, 1.82) is 0 Å². The van der Waals surface area contributed by atoms with Crippen LogP contribution in [-0.4, -0.2) is 5.78 Å². The molecule has 3 rings (SSSR count). The van der Waals surface area contributed by atoms with E-state index in [0.29, 0.717) is 0 Å². The van der Waals surface area contributed by atoms with Gasteiger partial charge in [-0.3, -0.25) is 4.79 Å². The average molecular weight is 395 g/mol. The molecule has 0 aliphatic rings. The van der Waals surface area contributed by atoms with E-state index in [9.17, 15) is 4.79 Å². The van der Waals surface area contributed by atoms with E-state index in [1.165, 1.54) is 11.1 Å². The number of hydrogen-bond donors (Lipinski definition) is 0. The number of carbonyl (C=O) groups is 1. The summed E-state index contributed by atoms with van der Waals surface area (Å²) in [5.41, 5.74) is 8.33. The lowest BCUT2D eigenvalue weighted by Crippen LogP contribution is -2.05. The average Bonchev–Trinajstić information content (AvgIpc) is 2.75. The molecule has 0 saturated carbocycles. The molecule has 0 atom stereocenters. The highest BCUT2D eigenvalue weighted by Crippen LogP contribution is 2.18. The van der Waals surface area contributed by atoms with E-state index in [0.717, 1.165) is 33.4 Å². The molecule has 0 aliphatic carbocycles. The summed E-state index contributed by atoms with van der Waals surface area (Å²) in [6, 6.07) is 22.1. The maximum atomic E-state index is 12.4. The molecular formula is C29H30O. The van der Waals surface area contributed by atoms with Crippen LogP contribution < -0.4 is 0 Å². The minimum atomic E-state index is 0.115. The quantitative estimate of drug-likeness (QED) is 0.322. The molecule has 0 aromatic heterocycles. The largest absolute Gasteiger partial charge is 0.289 e. The first-order chi connectivity index (χ1) is 14.4. The molecule has 0 aliphatic heterocycles. The Morgan fingerprint density at radius 2 is 1.33 bits per heavy atom. The Bertz CT molecular complexity index is 1070. The summed E-state index contributed by atoms with van der Waals surface area (Å²) in [5.74, 6) is 0.115. The molecule has 30 heavy (non-hydrogen) atoms. The zero-order chi connectivity index (χ0) is 22.1. The number of allylic oxidation sites excluding steroid dienone is 4. The third-order valence-corrected chi connectivity index (χ3v) is 4.93. The van der Waals surface area contributed by atoms with Gasteiger partial charge >= 0.3 is 0 Å². The normalized spacial score (nSPS) is 10.6. The lowest BCUT2D eigenvalue weighted by atomic mass is 9.95. The molecule has 0 heterocycles. The summed E-state index contributed by atoms with van der Waals surface area (Å²) >= 11 is 0. The number of carbonyl (C=O) groups excluding carboxylic acids is 1. The molecule has 1 nitrogen and oxygen atoms in total. The van der Waals surface area contributed by atoms with Crippen molar-refractivity contribution in [3.63, 3.8) is 0 Å². The SMILES string of the molecule is C=C/C=C(\C=C)c1ccc(C)cc1.Cc1ccc(C)c(C(=O)c2ccccc2C)c1. The first kappa shape index (κ1) is 22.8. The van der Waals surface area contributed by atoms with Gasteiger partial charge in [0.25, 0.3) is 0 Å². The second-order valence-corrected chi connectivity index (χ2v) is 7.39. The summed E-state index contributed by atoms with van der Waals surface area (Å²) in [5, 5.41) is 0. The summed E-state index contributed by atoms with van der Waals surface area (Å²) in [7, 11) is 0. The predicted octanol–water partition coefficient (Wildman–Crippen LogP) is 7.59. The van der Waals surface area contributed by atoms with Gasteiger partial charge in [-0.1, -0.05) is 103 Å². The maximum absolute atomic E-state index is 12.4. The Morgan fingerprint density at radius 1 is 0.733 bits per heavy atom. The van der Waals surface area contributed by atoms with Gasteiger partial charge < -0.3 is 0 Å². The van der Waals surface area contributed by atoms with Crippen LogP contribution in [0.3, 0.4) is 0 Å². The number of ketones is 1. The van der Waals surface area contributed by atoms with E-state index < -0.39 is 0 Å². The fourth-order valence-electron chi connectivity index (χ4n) is 3.11. The van der Waals surface area contributed by atoms with Crippen molar-refractivity contribution in [2.45, 2.75) is 27.7 Å². The Balaban J connectivity index is 0.000000222. The van der Waals surface area contributed by atoms with Crippen LogP contribution >= 0.6 is 0 Å². The van der Waals surface area contributed by atoms with Crippen LogP contribution in [0, 0.1) is 27.7 Å². The molecule has 0 unspecified atom stereocenters. The number of benzene rings is 3. The van der Waals surface area contributed by atoms with Gasteiger partial charge in [-0.15, -0.1) is 0 Å². The Hall–Kier alpha value is -3.45. The van der Waals surface area contributed by atoms with E-state index >= 15 is 0 Å². The zero-order valence-corrected chi connectivity index (χ0v) is 18.4. The first-order valence-corrected chi connectivity index (χ1v) is 10.1. The molecule has 0 bridgehead atoms. The van der Waals surface area contributed by atoms with E-state index in [4.69, 9.17) is 0 Å². The van der Waals surface area contributed by atoms with Crippen molar-refractivity contribution in [2.24, 2.45) is 0 Å². The molecular weight excluding hydrogens is 364 g/mol. The van der Waals surface area contributed by atoms with Crippen molar-refractivity contribution < 1.29 is 4.79 Å². The summed E-state index contributed by atoms with van der Waals surface area (Å²) in [4.78, 5) is 12.4. The standard InChI is InChI=1S/C16H16O.C13H14/c1-11-8-9-13(3)15(10-11)16(17)14-7-5-4-6-12(14)2;1-4-6-12(5-2)13-9-7-11(3)8-10-13/h4-10H,1-3H3;4-10H,1-2H2,3H3/b;12-6+. The highest BCUT2D eigenvalue weighted by atomic mass is 16.1. The van der Waals surface area contributed by atoms with Crippen molar-refractivity contribution >= 4 is 11.4 Å². The molecule has 0 amide bonds. The van der Waals surface area contributed by atoms with Crippen LogP contribution in [0.15, 0.2) is 98.1 Å². The van der Waals surface area contributed by atoms with E-state index in [-0.39, 0.29) is 5.78 Å². The third-order valence-electron chi connectivity index (χ3n) is 4.93. The van der Waals surface area contributed by atoms with E-state index in [2.05, 4.69) is 44.3 Å². The van der Waals surface area contributed by atoms with Gasteiger partial charge in [-0.05, 0) is 56.0 Å². The lowest BCUT2D eigenvalue weighted by Gasteiger charge is -2.08. The molecule has 0 saturated heterocycles. The van der Waals surface area contributed by atoms with Crippen molar-refractivity contribution in [3.8, 4) is 0 Å². The van der Waals surface area contributed by atoms with Gasteiger partial charge in [-0.2, -0.15) is 0 Å². The van der Waals surface area contributed by atoms with E-state index in [1.807, 2.05) is 75.4 Å². The van der Waals surface area contributed by atoms with Crippen molar-refractivity contribution in [1.82, 2.24) is 0 Å². The molecule has 3 aromatic carbocycles. The first-order valence-electron chi connectivity index (χ1n) is 10.1. The van der Waals surface area contributed by atoms with Crippen LogP contribution in [0.5, 0.6) is 0 Å². The summed E-state index contributed by atoms with van der Waals surface area (Å²) < 4.78 is 0. The zero-order valence-electron chi connectivity index (χ0n) is 18.4. The monoisotopic (exact) mass is 394 g/mol. The van der Waals surface area contributed by atoms with Crippen LogP contribution in [0.25, 0.3) is 5.57 Å². The van der Waals surface area contributed by atoms with Crippen LogP contribution in [0.1, 0.15) is 43.7 Å². The molecule has 0 radical (unpaired) electrons. The van der Waals surface area contributed by atoms with Gasteiger partial charge in [-0.25, -0.2) is 0 Å². The topological polar surface area (TPSA) is 17.1 Å². The lowest BCUT2D eigenvalue weighted by molar-refractivity contribution is 0.103. The van der Waals surface area contributed by atoms with E-state index in [1.54, 1.807) is 6.08 Å². The molecule has 0 fully saturated rings. The Labute approximate surface area is 181 Å². The number of aryl methyl sites for hydroxylation is 4. The molecule has 1 heteroatoms. The fraction of sp³-hybridized carbons (Fsp3) is 0.138. The van der Waals surface area contributed by atoms with Gasteiger partial charge in [0.15, 0.2) is 5.78 Å².